The van der Waals surface area contributed by atoms with Gasteiger partial charge in [-0.2, -0.15) is 0 Å². The predicted molar refractivity (Wildman–Crippen MR) is 76.3 cm³/mol. The molecule has 0 aliphatic heterocycles. The number of hydrogen-bond acceptors (Lipinski definition) is 3. The van der Waals surface area contributed by atoms with Crippen LogP contribution < -0.4 is 15.4 Å². The highest BCUT2D eigenvalue weighted by Crippen LogP contribution is 2.10. The number of rotatable bonds is 5. The van der Waals surface area contributed by atoms with Gasteiger partial charge in [-0.25, -0.2) is 4.79 Å². The Balaban J connectivity index is 1.74. The van der Waals surface area contributed by atoms with Crippen LogP contribution >= 0.6 is 0 Å². The molecule has 5 nitrogen and oxygen atoms in total. The van der Waals surface area contributed by atoms with Crippen LogP contribution in [0.25, 0.3) is 0 Å². The third kappa shape index (κ3) is 4.28. The summed E-state index contributed by atoms with van der Waals surface area (Å²) in [5.74, 6) is 0.801. The highest BCUT2D eigenvalue weighted by molar-refractivity contribution is 5.73. The first-order valence-electron chi connectivity index (χ1n) is 6.31. The standard InChI is InChI=1S/C15H17N3O2/c1-20-14-6-4-12(5-7-14)10-17-15(19)18-11-13-3-2-8-16-9-13/h2-9H,10-11H2,1H3,(H2,17,18,19). The molecule has 5 heteroatoms. The van der Waals surface area contributed by atoms with Crippen LogP contribution in [0.2, 0.25) is 0 Å². The van der Waals surface area contributed by atoms with Gasteiger partial charge in [0, 0.05) is 25.5 Å². The lowest BCUT2D eigenvalue weighted by atomic mass is 10.2. The molecule has 104 valence electrons. The molecule has 20 heavy (non-hydrogen) atoms. The van der Waals surface area contributed by atoms with Gasteiger partial charge in [-0.15, -0.1) is 0 Å². The van der Waals surface area contributed by atoms with Crippen molar-refractivity contribution in [2.45, 2.75) is 13.1 Å². The largest absolute Gasteiger partial charge is 0.497 e. The summed E-state index contributed by atoms with van der Waals surface area (Å²) in [5.41, 5.74) is 1.98. The van der Waals surface area contributed by atoms with Gasteiger partial charge in [0.1, 0.15) is 5.75 Å². The maximum atomic E-state index is 11.6. The first kappa shape index (κ1) is 13.9. The van der Waals surface area contributed by atoms with Gasteiger partial charge < -0.3 is 15.4 Å². The number of hydrogen-bond donors (Lipinski definition) is 2. The molecule has 0 unspecified atom stereocenters. The van der Waals surface area contributed by atoms with Crippen molar-refractivity contribution in [3.05, 3.63) is 59.9 Å². The first-order chi connectivity index (χ1) is 9.78. The maximum absolute atomic E-state index is 11.6. The Labute approximate surface area is 118 Å². The summed E-state index contributed by atoms with van der Waals surface area (Å²) in [4.78, 5) is 15.6. The molecule has 0 atom stereocenters. The van der Waals surface area contributed by atoms with E-state index in [-0.39, 0.29) is 6.03 Å². The average Bonchev–Trinajstić information content (AvgIpc) is 2.52. The predicted octanol–water partition coefficient (Wildman–Crippen LogP) is 2.09. The molecule has 0 radical (unpaired) electrons. The van der Waals surface area contributed by atoms with Crippen molar-refractivity contribution < 1.29 is 9.53 Å². The smallest absolute Gasteiger partial charge is 0.315 e. The molecule has 0 saturated carbocycles. The van der Waals surface area contributed by atoms with E-state index in [1.807, 2.05) is 36.4 Å². The third-order valence-corrected chi connectivity index (χ3v) is 2.79. The van der Waals surface area contributed by atoms with Crippen LogP contribution in [0.5, 0.6) is 5.75 Å². The summed E-state index contributed by atoms with van der Waals surface area (Å²) in [6.45, 7) is 0.936. The van der Waals surface area contributed by atoms with Crippen molar-refractivity contribution in [1.29, 1.82) is 0 Å². The Hall–Kier alpha value is -2.56. The van der Waals surface area contributed by atoms with Crippen LogP contribution in [0.15, 0.2) is 48.8 Å². The topological polar surface area (TPSA) is 63.2 Å². The Morgan fingerprint density at radius 3 is 2.40 bits per heavy atom. The number of amides is 2. The van der Waals surface area contributed by atoms with Crippen molar-refractivity contribution in [2.24, 2.45) is 0 Å². The van der Waals surface area contributed by atoms with Crippen LogP contribution in [0.4, 0.5) is 4.79 Å². The van der Waals surface area contributed by atoms with Crippen LogP contribution in [-0.2, 0) is 13.1 Å². The number of urea groups is 1. The van der Waals surface area contributed by atoms with E-state index in [0.717, 1.165) is 16.9 Å². The zero-order chi connectivity index (χ0) is 14.2. The summed E-state index contributed by atoms with van der Waals surface area (Å²) in [5, 5.41) is 5.57. The number of methoxy groups -OCH3 is 1. The van der Waals surface area contributed by atoms with Crippen LogP contribution in [0.1, 0.15) is 11.1 Å². The van der Waals surface area contributed by atoms with Crippen LogP contribution in [0.3, 0.4) is 0 Å². The highest BCUT2D eigenvalue weighted by Gasteiger charge is 2.01. The van der Waals surface area contributed by atoms with Gasteiger partial charge in [-0.1, -0.05) is 18.2 Å². The zero-order valence-corrected chi connectivity index (χ0v) is 11.3. The van der Waals surface area contributed by atoms with E-state index in [1.54, 1.807) is 19.5 Å². The molecule has 2 N–H and O–H groups in total. The zero-order valence-electron chi connectivity index (χ0n) is 11.3. The van der Waals surface area contributed by atoms with Crippen molar-refractivity contribution in [3.8, 4) is 5.75 Å². The minimum absolute atomic E-state index is 0.204. The van der Waals surface area contributed by atoms with E-state index >= 15 is 0 Å². The first-order valence-corrected chi connectivity index (χ1v) is 6.31. The maximum Gasteiger partial charge on any atom is 0.315 e. The molecule has 2 amide bonds. The molecule has 0 aliphatic carbocycles. The second-order valence-electron chi connectivity index (χ2n) is 4.25. The molecule has 0 fully saturated rings. The molecule has 0 bridgehead atoms. The van der Waals surface area contributed by atoms with E-state index in [2.05, 4.69) is 15.6 Å². The lowest BCUT2D eigenvalue weighted by molar-refractivity contribution is 0.240. The highest BCUT2D eigenvalue weighted by atomic mass is 16.5. The number of carbonyl (C=O) groups excluding carboxylic acids is 1. The number of ether oxygens (including phenoxy) is 1. The molecule has 0 spiro atoms. The van der Waals surface area contributed by atoms with Gasteiger partial charge in [0.05, 0.1) is 7.11 Å². The van der Waals surface area contributed by atoms with Gasteiger partial charge in [0.2, 0.25) is 0 Å². The Kier molecular flexibility index (Phi) is 4.94. The van der Waals surface area contributed by atoms with Crippen LogP contribution in [-0.4, -0.2) is 18.1 Å². The second kappa shape index (κ2) is 7.13. The Morgan fingerprint density at radius 2 is 1.80 bits per heavy atom. The van der Waals surface area contributed by atoms with Crippen LogP contribution in [0, 0.1) is 0 Å². The summed E-state index contributed by atoms with van der Waals surface area (Å²) < 4.78 is 5.08. The fourth-order valence-corrected chi connectivity index (χ4v) is 1.67. The fraction of sp³-hybridized carbons (Fsp3) is 0.200. The molecular weight excluding hydrogens is 254 g/mol. The number of benzene rings is 1. The number of nitrogens with one attached hydrogen (secondary N) is 2. The van der Waals surface area contributed by atoms with Gasteiger partial charge in [-0.05, 0) is 29.3 Å². The van der Waals surface area contributed by atoms with Crippen molar-refractivity contribution in [2.75, 3.05) is 7.11 Å². The third-order valence-electron chi connectivity index (χ3n) is 2.79. The van der Waals surface area contributed by atoms with E-state index in [1.165, 1.54) is 0 Å². The van der Waals surface area contributed by atoms with E-state index in [9.17, 15) is 4.79 Å². The molecule has 1 aromatic heterocycles. The van der Waals surface area contributed by atoms with Gasteiger partial charge in [0.15, 0.2) is 0 Å². The molecule has 0 aliphatic rings. The van der Waals surface area contributed by atoms with E-state index in [0.29, 0.717) is 13.1 Å². The second-order valence-corrected chi connectivity index (χ2v) is 4.25. The number of aromatic nitrogens is 1. The number of pyridine rings is 1. The molecule has 1 heterocycles. The Morgan fingerprint density at radius 1 is 1.10 bits per heavy atom. The molecular formula is C15H17N3O2. The minimum Gasteiger partial charge on any atom is -0.497 e. The molecule has 0 saturated heterocycles. The van der Waals surface area contributed by atoms with Gasteiger partial charge in [-0.3, -0.25) is 4.98 Å². The summed E-state index contributed by atoms with van der Waals surface area (Å²) in [6.07, 6.45) is 3.43. The minimum atomic E-state index is -0.204. The summed E-state index contributed by atoms with van der Waals surface area (Å²) in [6, 6.07) is 11.1. The summed E-state index contributed by atoms with van der Waals surface area (Å²) >= 11 is 0. The average molecular weight is 271 g/mol. The fourth-order valence-electron chi connectivity index (χ4n) is 1.67. The van der Waals surface area contributed by atoms with Gasteiger partial charge >= 0.3 is 6.03 Å². The Bertz CT molecular complexity index is 541. The molecule has 2 rings (SSSR count). The monoisotopic (exact) mass is 271 g/mol. The number of carbonyl (C=O) groups is 1. The normalized spacial score (nSPS) is 9.85. The quantitative estimate of drug-likeness (QED) is 0.875. The van der Waals surface area contributed by atoms with E-state index < -0.39 is 0 Å². The SMILES string of the molecule is COc1ccc(CNC(=O)NCc2cccnc2)cc1. The van der Waals surface area contributed by atoms with Crippen molar-refractivity contribution in [1.82, 2.24) is 15.6 Å². The lowest BCUT2D eigenvalue weighted by Gasteiger charge is -2.08. The van der Waals surface area contributed by atoms with Gasteiger partial charge in [0.25, 0.3) is 0 Å². The molecule has 2 aromatic rings. The lowest BCUT2D eigenvalue weighted by Crippen LogP contribution is -2.34. The molecule has 1 aromatic carbocycles. The van der Waals surface area contributed by atoms with Crippen molar-refractivity contribution >= 4 is 6.03 Å². The number of nitrogens with zero attached hydrogens (tertiary/aromatic N) is 1. The van der Waals surface area contributed by atoms with Crippen molar-refractivity contribution in [3.63, 3.8) is 0 Å². The summed E-state index contributed by atoms with van der Waals surface area (Å²) in [7, 11) is 1.62. The van der Waals surface area contributed by atoms with E-state index in [4.69, 9.17) is 4.74 Å².